The molecule has 29 heavy (non-hydrogen) atoms. The van der Waals surface area contributed by atoms with Crippen molar-refractivity contribution in [1.29, 1.82) is 0 Å². The molecule has 1 aliphatic rings. The van der Waals surface area contributed by atoms with Crippen molar-refractivity contribution in [2.45, 2.75) is 37.0 Å². The molecule has 1 atom stereocenters. The Bertz CT molecular complexity index is 1020. The zero-order chi connectivity index (χ0) is 21.4. The third kappa shape index (κ3) is 4.88. The Morgan fingerprint density at radius 2 is 1.83 bits per heavy atom. The molecule has 0 aliphatic carbocycles. The first-order chi connectivity index (χ1) is 13.4. The number of amides is 1. The van der Waals surface area contributed by atoms with E-state index in [4.69, 9.17) is 5.14 Å². The van der Waals surface area contributed by atoms with Crippen molar-refractivity contribution >= 4 is 21.6 Å². The molecule has 0 spiro atoms. The zero-order valence-corrected chi connectivity index (χ0v) is 16.3. The molecular weight excluding hydrogens is 407 g/mol. The van der Waals surface area contributed by atoms with Crippen molar-refractivity contribution < 1.29 is 26.4 Å². The SMILES string of the molecule is Cc1ccc(CN2CCC(Nc3ccc(S(N)(=O)=O)cc3C(F)(F)F)C2=O)cc1. The van der Waals surface area contributed by atoms with E-state index < -0.39 is 32.7 Å². The molecule has 1 fully saturated rings. The highest BCUT2D eigenvalue weighted by Crippen LogP contribution is 2.37. The molecule has 6 nitrogen and oxygen atoms in total. The minimum Gasteiger partial charge on any atom is -0.373 e. The van der Waals surface area contributed by atoms with Gasteiger partial charge in [-0.25, -0.2) is 13.6 Å². The van der Waals surface area contributed by atoms with E-state index in [-0.39, 0.29) is 11.6 Å². The van der Waals surface area contributed by atoms with Crippen molar-refractivity contribution in [2.75, 3.05) is 11.9 Å². The molecule has 0 aromatic heterocycles. The fraction of sp³-hybridized carbons (Fsp3) is 0.316. The van der Waals surface area contributed by atoms with Crippen LogP contribution in [0.1, 0.15) is 23.1 Å². The predicted octanol–water partition coefficient (Wildman–Crippen LogP) is 2.87. The maximum absolute atomic E-state index is 13.4. The number of halogens is 3. The largest absolute Gasteiger partial charge is 0.418 e. The Morgan fingerprint density at radius 3 is 2.41 bits per heavy atom. The number of nitrogens with one attached hydrogen (secondary N) is 1. The van der Waals surface area contributed by atoms with Gasteiger partial charge in [0.15, 0.2) is 0 Å². The van der Waals surface area contributed by atoms with Gasteiger partial charge in [-0.1, -0.05) is 29.8 Å². The molecule has 156 valence electrons. The predicted molar refractivity (Wildman–Crippen MR) is 101 cm³/mol. The van der Waals surface area contributed by atoms with E-state index >= 15 is 0 Å². The van der Waals surface area contributed by atoms with Gasteiger partial charge in [0.25, 0.3) is 0 Å². The molecule has 1 amide bonds. The Labute approximate surface area is 166 Å². The number of benzene rings is 2. The normalized spacial score (nSPS) is 17.6. The Balaban J connectivity index is 1.79. The third-order valence-corrected chi connectivity index (χ3v) is 5.66. The van der Waals surface area contributed by atoms with Gasteiger partial charge < -0.3 is 10.2 Å². The second-order valence-electron chi connectivity index (χ2n) is 6.98. The van der Waals surface area contributed by atoms with Gasteiger partial charge >= 0.3 is 6.18 Å². The number of carbonyl (C=O) groups excluding carboxylic acids is 1. The summed E-state index contributed by atoms with van der Waals surface area (Å²) in [6.07, 6.45) is -4.48. The summed E-state index contributed by atoms with van der Waals surface area (Å²) >= 11 is 0. The summed E-state index contributed by atoms with van der Waals surface area (Å²) in [5.41, 5.74) is 0.469. The quantitative estimate of drug-likeness (QED) is 0.768. The van der Waals surface area contributed by atoms with Crippen LogP contribution < -0.4 is 10.5 Å². The molecule has 1 saturated heterocycles. The van der Waals surface area contributed by atoms with E-state index in [2.05, 4.69) is 5.32 Å². The van der Waals surface area contributed by atoms with Crippen LogP contribution in [0.3, 0.4) is 0 Å². The number of nitrogens with zero attached hydrogens (tertiary/aromatic N) is 1. The molecular formula is C19H20F3N3O3S. The zero-order valence-electron chi connectivity index (χ0n) is 15.5. The van der Waals surface area contributed by atoms with Crippen molar-refractivity contribution in [1.82, 2.24) is 4.90 Å². The number of nitrogens with two attached hydrogens (primary N) is 1. The number of carbonyl (C=O) groups is 1. The number of anilines is 1. The molecule has 3 rings (SSSR count). The van der Waals surface area contributed by atoms with Crippen LogP contribution in [0.4, 0.5) is 18.9 Å². The van der Waals surface area contributed by atoms with Gasteiger partial charge in [0.05, 0.1) is 10.5 Å². The van der Waals surface area contributed by atoms with Crippen molar-refractivity contribution in [3.8, 4) is 0 Å². The molecule has 1 heterocycles. The highest BCUT2D eigenvalue weighted by Gasteiger charge is 2.37. The fourth-order valence-electron chi connectivity index (χ4n) is 3.19. The Morgan fingerprint density at radius 1 is 1.17 bits per heavy atom. The van der Waals surface area contributed by atoms with E-state index in [1.54, 1.807) is 4.90 Å². The first-order valence-electron chi connectivity index (χ1n) is 8.80. The minimum atomic E-state index is -4.81. The number of sulfonamides is 1. The van der Waals surface area contributed by atoms with Gasteiger partial charge in [-0.2, -0.15) is 13.2 Å². The smallest absolute Gasteiger partial charge is 0.373 e. The number of primary sulfonamides is 1. The van der Waals surface area contributed by atoms with Gasteiger partial charge in [0, 0.05) is 18.8 Å². The maximum Gasteiger partial charge on any atom is 0.418 e. The number of rotatable bonds is 5. The third-order valence-electron chi connectivity index (χ3n) is 4.75. The van der Waals surface area contributed by atoms with Crippen molar-refractivity contribution in [3.05, 3.63) is 59.2 Å². The summed E-state index contributed by atoms with van der Waals surface area (Å²) in [7, 11) is -4.29. The Kier molecular flexibility index (Phi) is 5.59. The van der Waals surface area contributed by atoms with Crippen LogP contribution in [-0.4, -0.2) is 31.8 Å². The summed E-state index contributed by atoms with van der Waals surface area (Å²) in [4.78, 5) is 13.6. The highest BCUT2D eigenvalue weighted by molar-refractivity contribution is 7.89. The second kappa shape index (κ2) is 7.68. The Hall–Kier alpha value is -2.59. The number of aryl methyl sites for hydroxylation is 1. The lowest BCUT2D eigenvalue weighted by atomic mass is 10.1. The molecule has 0 radical (unpaired) electrons. The molecule has 2 aromatic rings. The minimum absolute atomic E-state index is 0.311. The average molecular weight is 427 g/mol. The van der Waals surface area contributed by atoms with Crippen LogP contribution in [-0.2, 0) is 27.5 Å². The van der Waals surface area contributed by atoms with Gasteiger partial charge in [-0.05, 0) is 37.1 Å². The molecule has 0 bridgehead atoms. The topological polar surface area (TPSA) is 92.5 Å². The van der Waals surface area contributed by atoms with Crippen LogP contribution in [0, 0.1) is 6.92 Å². The lowest BCUT2D eigenvalue weighted by Gasteiger charge is -2.20. The number of likely N-dealkylation sites (tertiary alicyclic amines) is 1. The van der Waals surface area contributed by atoms with E-state index in [9.17, 15) is 26.4 Å². The van der Waals surface area contributed by atoms with Crippen molar-refractivity contribution in [3.63, 3.8) is 0 Å². The second-order valence-corrected chi connectivity index (χ2v) is 8.54. The van der Waals surface area contributed by atoms with E-state index in [1.165, 1.54) is 0 Å². The molecule has 3 N–H and O–H groups in total. The monoisotopic (exact) mass is 427 g/mol. The summed E-state index contributed by atoms with van der Waals surface area (Å²) in [6, 6.07) is 9.26. The standard InChI is InChI=1S/C19H20F3N3O3S/c1-12-2-4-13(5-3-12)11-25-9-8-17(18(25)26)24-16-7-6-14(29(23,27)28)10-15(16)19(20,21)22/h2-7,10,17,24H,8-9,11H2,1H3,(H2,23,27,28). The fourth-order valence-corrected chi connectivity index (χ4v) is 3.73. The van der Waals surface area contributed by atoms with E-state index in [0.29, 0.717) is 25.6 Å². The average Bonchev–Trinajstić information content (AvgIpc) is 2.95. The summed E-state index contributed by atoms with van der Waals surface area (Å²) in [6.45, 7) is 2.72. The first kappa shape index (κ1) is 21.1. The number of hydrogen-bond acceptors (Lipinski definition) is 4. The van der Waals surface area contributed by atoms with Gasteiger partial charge in [-0.15, -0.1) is 0 Å². The highest BCUT2D eigenvalue weighted by atomic mass is 32.2. The molecule has 10 heteroatoms. The van der Waals surface area contributed by atoms with E-state index in [1.807, 2.05) is 31.2 Å². The van der Waals surface area contributed by atoms with Crippen LogP contribution in [0.2, 0.25) is 0 Å². The molecule has 1 unspecified atom stereocenters. The van der Waals surface area contributed by atoms with Gasteiger partial charge in [0.2, 0.25) is 15.9 Å². The molecule has 2 aromatic carbocycles. The lowest BCUT2D eigenvalue weighted by Crippen LogP contribution is -2.33. The van der Waals surface area contributed by atoms with Crippen LogP contribution in [0.5, 0.6) is 0 Å². The van der Waals surface area contributed by atoms with E-state index in [0.717, 1.165) is 23.3 Å². The molecule has 0 saturated carbocycles. The maximum atomic E-state index is 13.4. The summed E-state index contributed by atoms with van der Waals surface area (Å²) in [5, 5.41) is 7.55. The number of hydrogen-bond donors (Lipinski definition) is 2. The van der Waals surface area contributed by atoms with Crippen LogP contribution in [0.15, 0.2) is 47.4 Å². The van der Waals surface area contributed by atoms with Gasteiger partial charge in [-0.3, -0.25) is 4.79 Å². The van der Waals surface area contributed by atoms with Crippen LogP contribution in [0.25, 0.3) is 0 Å². The lowest BCUT2D eigenvalue weighted by molar-refractivity contribution is -0.137. The van der Waals surface area contributed by atoms with Crippen LogP contribution >= 0.6 is 0 Å². The molecule has 1 aliphatic heterocycles. The first-order valence-corrected chi connectivity index (χ1v) is 10.3. The summed E-state index contributed by atoms with van der Waals surface area (Å²) in [5.74, 6) is -0.311. The summed E-state index contributed by atoms with van der Waals surface area (Å²) < 4.78 is 63.0. The van der Waals surface area contributed by atoms with Crippen molar-refractivity contribution in [2.24, 2.45) is 5.14 Å². The van der Waals surface area contributed by atoms with Gasteiger partial charge in [0.1, 0.15) is 6.04 Å². The number of alkyl halides is 3.